The number of carbonyl (C=O) groups is 1. The molecule has 18 heavy (non-hydrogen) atoms. The molecule has 1 N–H and O–H groups in total. The Kier molecular flexibility index (Phi) is 5.08. The maximum Gasteiger partial charge on any atom is 0.0866 e. The molecule has 1 heterocycles. The molecule has 2 rings (SSSR count). The third-order valence-corrected chi connectivity index (χ3v) is 4.39. The topological polar surface area (TPSA) is 44.6 Å². The van der Waals surface area contributed by atoms with Gasteiger partial charge in [0.1, 0.15) is 0 Å². The Morgan fingerprint density at radius 2 is 1.83 bits per heavy atom. The fourth-order valence-corrected chi connectivity index (χ4v) is 3.26. The highest BCUT2D eigenvalue weighted by atomic mass is 32.2. The first kappa shape index (κ1) is 13.4. The highest BCUT2D eigenvalue weighted by molar-refractivity contribution is 7.99. The van der Waals surface area contributed by atoms with Crippen molar-refractivity contribution < 1.29 is 14.8 Å². The van der Waals surface area contributed by atoms with E-state index in [1.165, 1.54) is 38.9 Å². The summed E-state index contributed by atoms with van der Waals surface area (Å²) in [5.41, 5.74) is 0.251. The van der Waals surface area contributed by atoms with Crippen LogP contribution in [0.15, 0.2) is 29.2 Å². The third kappa shape index (κ3) is 4.03. The van der Waals surface area contributed by atoms with Gasteiger partial charge in [0, 0.05) is 10.6 Å². The van der Waals surface area contributed by atoms with Gasteiger partial charge in [0.15, 0.2) is 0 Å². The van der Waals surface area contributed by atoms with E-state index in [0.29, 0.717) is 0 Å². The van der Waals surface area contributed by atoms with E-state index in [9.17, 15) is 9.90 Å². The van der Waals surface area contributed by atoms with E-state index in [4.69, 9.17) is 0 Å². The summed E-state index contributed by atoms with van der Waals surface area (Å²) in [6, 6.07) is 6.96. The molecule has 0 atom stereocenters. The molecule has 0 aromatic heterocycles. The minimum atomic E-state index is -1.11. The molecule has 3 nitrogen and oxygen atoms in total. The van der Waals surface area contributed by atoms with E-state index < -0.39 is 5.97 Å². The second-order valence-corrected chi connectivity index (χ2v) is 5.89. The van der Waals surface area contributed by atoms with Gasteiger partial charge in [0.25, 0.3) is 0 Å². The Hall–Kier alpha value is -1.00. The van der Waals surface area contributed by atoms with E-state index in [1.807, 2.05) is 12.1 Å². The van der Waals surface area contributed by atoms with Gasteiger partial charge in [-0.1, -0.05) is 12.1 Å². The number of carbonyl (C=O) groups excluding carboxylic acids is 1. The van der Waals surface area contributed by atoms with Crippen molar-refractivity contribution in [1.29, 1.82) is 0 Å². The zero-order valence-electron chi connectivity index (χ0n) is 10.5. The third-order valence-electron chi connectivity index (χ3n) is 3.38. The summed E-state index contributed by atoms with van der Waals surface area (Å²) in [4.78, 5) is 13.5. The first-order valence-electron chi connectivity index (χ1n) is 6.53. The van der Waals surface area contributed by atoms with Crippen molar-refractivity contribution in [3.8, 4) is 0 Å². The van der Waals surface area contributed by atoms with Crippen molar-refractivity contribution in [3.63, 3.8) is 0 Å². The average Bonchev–Trinajstić information content (AvgIpc) is 2.40. The van der Waals surface area contributed by atoms with Crippen molar-refractivity contribution in [2.45, 2.75) is 24.2 Å². The second-order valence-electron chi connectivity index (χ2n) is 4.72. The first-order chi connectivity index (χ1) is 8.75. The summed E-state index contributed by atoms with van der Waals surface area (Å²) >= 11 is 1.80. The van der Waals surface area contributed by atoms with Gasteiger partial charge >= 0.3 is 0 Å². The van der Waals surface area contributed by atoms with Crippen molar-refractivity contribution in [2.75, 3.05) is 25.4 Å². The summed E-state index contributed by atoms with van der Waals surface area (Å²) in [7, 11) is 0. The Morgan fingerprint density at radius 3 is 2.44 bits per heavy atom. The molecule has 4 heteroatoms. The molecule has 1 aliphatic rings. The van der Waals surface area contributed by atoms with Gasteiger partial charge in [-0.3, -0.25) is 0 Å². The average molecular weight is 265 g/mol. The molecule has 98 valence electrons. The lowest BCUT2D eigenvalue weighted by atomic mass is 10.1. The van der Waals surface area contributed by atoms with Crippen LogP contribution >= 0.6 is 11.8 Å². The highest BCUT2D eigenvalue weighted by Gasteiger charge is 2.12. The van der Waals surface area contributed by atoms with Gasteiger partial charge in [-0.05, 0) is 37.0 Å². The van der Waals surface area contributed by atoms with Gasteiger partial charge in [-0.25, -0.2) is 0 Å². The smallest absolute Gasteiger partial charge is 0.0866 e. The van der Waals surface area contributed by atoms with E-state index in [0.717, 1.165) is 10.6 Å². The van der Waals surface area contributed by atoms with Crippen molar-refractivity contribution in [2.24, 2.45) is 0 Å². The molecule has 1 aliphatic heterocycles. The molecule has 0 bridgehead atoms. The van der Waals surface area contributed by atoms with E-state index in [2.05, 4.69) is 0 Å². The van der Waals surface area contributed by atoms with Crippen LogP contribution in [0.4, 0.5) is 0 Å². The number of piperidine rings is 1. The molecule has 1 saturated heterocycles. The van der Waals surface area contributed by atoms with Crippen LogP contribution in [0.2, 0.25) is 0 Å². The molecular weight excluding hydrogens is 246 g/mol. The predicted molar refractivity (Wildman–Crippen MR) is 70.9 cm³/mol. The molecule has 1 aromatic carbocycles. The second kappa shape index (κ2) is 6.81. The number of likely N-dealkylation sites (tertiary alicyclic amines) is 1. The minimum Gasteiger partial charge on any atom is -0.545 e. The number of aromatic carboxylic acids is 1. The number of quaternary nitrogens is 1. The monoisotopic (exact) mass is 265 g/mol. The molecule has 0 unspecified atom stereocenters. The number of carboxylic acids is 1. The largest absolute Gasteiger partial charge is 0.545 e. The fraction of sp³-hybridized carbons (Fsp3) is 0.500. The minimum absolute atomic E-state index is 0.251. The number of thioether (sulfide) groups is 1. The van der Waals surface area contributed by atoms with Crippen LogP contribution < -0.4 is 10.0 Å². The predicted octanol–water partition coefficient (Wildman–Crippen LogP) is 0.211. The van der Waals surface area contributed by atoms with Crippen LogP contribution in [0.3, 0.4) is 0 Å². The van der Waals surface area contributed by atoms with Crippen LogP contribution in [0, 0.1) is 0 Å². The van der Waals surface area contributed by atoms with Gasteiger partial charge in [-0.2, -0.15) is 0 Å². The van der Waals surface area contributed by atoms with Gasteiger partial charge in [0.05, 0.1) is 25.6 Å². The van der Waals surface area contributed by atoms with Gasteiger partial charge in [0.2, 0.25) is 0 Å². The van der Waals surface area contributed by atoms with Crippen LogP contribution in [-0.4, -0.2) is 31.4 Å². The Balaban J connectivity index is 1.74. The van der Waals surface area contributed by atoms with Gasteiger partial charge in [-0.15, -0.1) is 11.8 Å². The molecule has 0 saturated carbocycles. The maximum absolute atomic E-state index is 10.6. The van der Waals surface area contributed by atoms with E-state index in [-0.39, 0.29) is 5.56 Å². The zero-order chi connectivity index (χ0) is 12.8. The van der Waals surface area contributed by atoms with Crippen molar-refractivity contribution in [1.82, 2.24) is 0 Å². The lowest BCUT2D eigenvalue weighted by Crippen LogP contribution is -3.13. The number of benzene rings is 1. The van der Waals surface area contributed by atoms with Crippen molar-refractivity contribution >= 4 is 17.7 Å². The lowest BCUT2D eigenvalue weighted by Gasteiger charge is -2.23. The summed E-state index contributed by atoms with van der Waals surface area (Å²) in [6.45, 7) is 3.82. The molecule has 0 amide bonds. The molecule has 0 aliphatic carbocycles. The van der Waals surface area contributed by atoms with Crippen LogP contribution in [0.1, 0.15) is 29.6 Å². The highest BCUT2D eigenvalue weighted by Crippen LogP contribution is 2.17. The summed E-state index contributed by atoms with van der Waals surface area (Å²) in [5.74, 6) is -0.00990. The lowest BCUT2D eigenvalue weighted by molar-refractivity contribution is -0.902. The quantitative estimate of drug-likeness (QED) is 0.774. The fourth-order valence-electron chi connectivity index (χ4n) is 2.30. The van der Waals surface area contributed by atoms with Crippen LogP contribution in [-0.2, 0) is 0 Å². The number of hydrogen-bond donors (Lipinski definition) is 1. The van der Waals surface area contributed by atoms with Gasteiger partial charge < -0.3 is 14.8 Å². The number of nitrogens with one attached hydrogen (secondary N) is 1. The molecule has 0 radical (unpaired) electrons. The number of hydrogen-bond acceptors (Lipinski definition) is 3. The summed E-state index contributed by atoms with van der Waals surface area (Å²) in [5, 5.41) is 10.6. The van der Waals surface area contributed by atoms with Crippen molar-refractivity contribution in [3.05, 3.63) is 29.8 Å². The standard InChI is InChI=1S/C14H19NO2S/c16-14(17)12-4-6-13(7-5-12)18-11-10-15-8-2-1-3-9-15/h4-7H,1-3,8-11H2,(H,16,17). The van der Waals surface area contributed by atoms with Crippen LogP contribution in [0.25, 0.3) is 0 Å². The molecule has 1 fully saturated rings. The van der Waals surface area contributed by atoms with E-state index >= 15 is 0 Å². The van der Waals surface area contributed by atoms with E-state index in [1.54, 1.807) is 28.8 Å². The Labute approximate surface area is 112 Å². The SMILES string of the molecule is O=C([O-])c1ccc(SCC[NH+]2CCCCC2)cc1. The van der Waals surface area contributed by atoms with Crippen LogP contribution in [0.5, 0.6) is 0 Å². The Bertz CT molecular complexity index is 385. The first-order valence-corrected chi connectivity index (χ1v) is 7.52. The molecular formula is C14H19NO2S. The molecule has 1 aromatic rings. The number of rotatable bonds is 5. The normalized spacial score (nSPS) is 16.7. The summed E-state index contributed by atoms with van der Waals surface area (Å²) in [6.07, 6.45) is 4.11. The zero-order valence-corrected chi connectivity index (χ0v) is 11.3. The summed E-state index contributed by atoms with van der Waals surface area (Å²) < 4.78 is 0. The maximum atomic E-state index is 10.6. The Morgan fingerprint density at radius 1 is 1.17 bits per heavy atom. The number of carboxylic acid groups (broad SMARTS) is 1. The molecule has 0 spiro atoms.